The molecule has 3 nitrogen and oxygen atoms in total. The van der Waals surface area contributed by atoms with E-state index in [1.807, 2.05) is 24.3 Å². The first-order chi connectivity index (χ1) is 9.79. The van der Waals surface area contributed by atoms with Crippen molar-refractivity contribution >= 4 is 11.6 Å². The van der Waals surface area contributed by atoms with Gasteiger partial charge in [-0.25, -0.2) is 0 Å². The van der Waals surface area contributed by atoms with Crippen molar-refractivity contribution in [1.82, 2.24) is 0 Å². The second-order valence-electron chi connectivity index (χ2n) is 5.55. The molecule has 1 fully saturated rings. The smallest absolute Gasteiger partial charge is 0.227 e. The van der Waals surface area contributed by atoms with E-state index in [1.165, 1.54) is 25.7 Å². The second kappa shape index (κ2) is 7.93. The molecule has 0 radical (unpaired) electrons. The molecular formula is C17H25NO2. The van der Waals surface area contributed by atoms with E-state index >= 15 is 0 Å². The third-order valence-electron chi connectivity index (χ3n) is 3.59. The molecule has 0 unspecified atom stereocenters. The summed E-state index contributed by atoms with van der Waals surface area (Å²) in [7, 11) is 0. The topological polar surface area (TPSA) is 38.3 Å². The Morgan fingerprint density at radius 2 is 1.85 bits per heavy atom. The van der Waals surface area contributed by atoms with Gasteiger partial charge in [-0.05, 0) is 43.5 Å². The Morgan fingerprint density at radius 1 is 1.15 bits per heavy atom. The second-order valence-corrected chi connectivity index (χ2v) is 5.55. The van der Waals surface area contributed by atoms with Crippen LogP contribution in [0.5, 0.6) is 5.75 Å². The molecule has 0 aliphatic heterocycles. The molecular weight excluding hydrogens is 250 g/mol. The van der Waals surface area contributed by atoms with E-state index in [2.05, 4.69) is 12.2 Å². The SMILES string of the molecule is CCCCCCCOc1ccc(NC(=O)C2CC2)cc1. The lowest BCUT2D eigenvalue weighted by atomic mass is 10.2. The predicted octanol–water partition coefficient (Wildman–Crippen LogP) is 4.38. The van der Waals surface area contributed by atoms with Gasteiger partial charge in [0.15, 0.2) is 0 Å². The number of rotatable bonds is 9. The van der Waals surface area contributed by atoms with Crippen LogP contribution in [0.2, 0.25) is 0 Å². The number of carbonyl (C=O) groups excluding carboxylic acids is 1. The zero-order chi connectivity index (χ0) is 14.2. The first-order valence-electron chi connectivity index (χ1n) is 7.83. The fourth-order valence-corrected chi connectivity index (χ4v) is 2.12. The molecule has 0 heterocycles. The maximum absolute atomic E-state index is 11.6. The van der Waals surface area contributed by atoms with Crippen molar-refractivity contribution in [3.05, 3.63) is 24.3 Å². The monoisotopic (exact) mass is 275 g/mol. The summed E-state index contributed by atoms with van der Waals surface area (Å²) in [5, 5.41) is 2.93. The van der Waals surface area contributed by atoms with Gasteiger partial charge in [0.1, 0.15) is 5.75 Å². The average Bonchev–Trinajstić information content (AvgIpc) is 3.29. The third-order valence-corrected chi connectivity index (χ3v) is 3.59. The lowest BCUT2D eigenvalue weighted by Gasteiger charge is -2.08. The van der Waals surface area contributed by atoms with Crippen LogP contribution in [0.15, 0.2) is 24.3 Å². The van der Waals surface area contributed by atoms with E-state index in [9.17, 15) is 4.79 Å². The van der Waals surface area contributed by atoms with Gasteiger partial charge in [-0.3, -0.25) is 4.79 Å². The molecule has 20 heavy (non-hydrogen) atoms. The zero-order valence-electron chi connectivity index (χ0n) is 12.4. The lowest BCUT2D eigenvalue weighted by molar-refractivity contribution is -0.117. The Morgan fingerprint density at radius 3 is 2.50 bits per heavy atom. The van der Waals surface area contributed by atoms with E-state index in [4.69, 9.17) is 4.74 Å². The largest absolute Gasteiger partial charge is 0.494 e. The van der Waals surface area contributed by atoms with E-state index in [0.717, 1.165) is 37.3 Å². The predicted molar refractivity (Wildman–Crippen MR) is 82.0 cm³/mol. The van der Waals surface area contributed by atoms with Gasteiger partial charge in [0, 0.05) is 11.6 Å². The third kappa shape index (κ3) is 5.24. The quantitative estimate of drug-likeness (QED) is 0.679. The first-order valence-corrected chi connectivity index (χ1v) is 7.83. The minimum atomic E-state index is 0.148. The van der Waals surface area contributed by atoms with Gasteiger partial charge in [0.05, 0.1) is 6.61 Å². The molecule has 0 bridgehead atoms. The van der Waals surface area contributed by atoms with Gasteiger partial charge in [-0.2, -0.15) is 0 Å². The Balaban J connectivity index is 1.64. The fourth-order valence-electron chi connectivity index (χ4n) is 2.12. The maximum atomic E-state index is 11.6. The molecule has 1 aliphatic rings. The highest BCUT2D eigenvalue weighted by atomic mass is 16.5. The molecule has 0 spiro atoms. The van der Waals surface area contributed by atoms with Crippen molar-refractivity contribution < 1.29 is 9.53 Å². The highest BCUT2D eigenvalue weighted by Gasteiger charge is 2.29. The van der Waals surface area contributed by atoms with Crippen LogP contribution in [0, 0.1) is 5.92 Å². The number of ether oxygens (including phenoxy) is 1. The summed E-state index contributed by atoms with van der Waals surface area (Å²) in [5.74, 6) is 1.27. The Bertz CT molecular complexity index is 410. The molecule has 1 saturated carbocycles. The van der Waals surface area contributed by atoms with Crippen LogP contribution >= 0.6 is 0 Å². The van der Waals surface area contributed by atoms with Crippen molar-refractivity contribution in [2.45, 2.75) is 51.9 Å². The summed E-state index contributed by atoms with van der Waals surface area (Å²) >= 11 is 0. The number of carbonyl (C=O) groups is 1. The first kappa shape index (κ1) is 14.9. The van der Waals surface area contributed by atoms with Crippen LogP contribution in [-0.2, 0) is 4.79 Å². The lowest BCUT2D eigenvalue weighted by Crippen LogP contribution is -2.13. The van der Waals surface area contributed by atoms with E-state index in [-0.39, 0.29) is 11.8 Å². The van der Waals surface area contributed by atoms with Crippen LogP contribution in [-0.4, -0.2) is 12.5 Å². The summed E-state index contributed by atoms with van der Waals surface area (Å²) in [5.41, 5.74) is 0.859. The van der Waals surface area contributed by atoms with Gasteiger partial charge >= 0.3 is 0 Å². The summed E-state index contributed by atoms with van der Waals surface area (Å²) in [6, 6.07) is 7.67. The molecule has 110 valence electrons. The molecule has 0 atom stereocenters. The van der Waals surface area contributed by atoms with E-state index in [0.29, 0.717) is 0 Å². The minimum absolute atomic E-state index is 0.148. The fraction of sp³-hybridized carbons (Fsp3) is 0.588. The molecule has 1 N–H and O–H groups in total. The Labute approximate surface area is 121 Å². The Kier molecular flexibility index (Phi) is 5.90. The van der Waals surface area contributed by atoms with Crippen molar-refractivity contribution in [3.8, 4) is 5.75 Å². The van der Waals surface area contributed by atoms with Gasteiger partial charge in [0.25, 0.3) is 0 Å². The van der Waals surface area contributed by atoms with Crippen LogP contribution in [0.25, 0.3) is 0 Å². The number of nitrogens with one attached hydrogen (secondary N) is 1. The molecule has 1 aliphatic carbocycles. The molecule has 1 amide bonds. The summed E-state index contributed by atoms with van der Waals surface area (Å²) in [6.07, 6.45) is 8.30. The van der Waals surface area contributed by atoms with Crippen LogP contribution in [0.1, 0.15) is 51.9 Å². The zero-order valence-corrected chi connectivity index (χ0v) is 12.4. The highest BCUT2D eigenvalue weighted by molar-refractivity contribution is 5.94. The maximum Gasteiger partial charge on any atom is 0.227 e. The standard InChI is InChI=1S/C17H25NO2/c1-2-3-4-5-6-13-20-16-11-9-15(10-12-16)18-17(19)14-7-8-14/h9-12,14H,2-8,13H2,1H3,(H,18,19). The van der Waals surface area contributed by atoms with Crippen LogP contribution in [0.4, 0.5) is 5.69 Å². The molecule has 0 aromatic heterocycles. The summed E-state index contributed by atoms with van der Waals surface area (Å²) in [4.78, 5) is 11.6. The Hall–Kier alpha value is -1.51. The van der Waals surface area contributed by atoms with Crippen LogP contribution < -0.4 is 10.1 Å². The van der Waals surface area contributed by atoms with Crippen molar-refractivity contribution in [2.24, 2.45) is 5.92 Å². The summed E-state index contributed by atoms with van der Waals surface area (Å²) < 4.78 is 5.69. The molecule has 3 heteroatoms. The number of unbranched alkanes of at least 4 members (excludes halogenated alkanes) is 4. The van der Waals surface area contributed by atoms with Crippen LogP contribution in [0.3, 0.4) is 0 Å². The molecule has 0 saturated heterocycles. The molecule has 1 aromatic carbocycles. The highest BCUT2D eigenvalue weighted by Crippen LogP contribution is 2.30. The van der Waals surface area contributed by atoms with Gasteiger partial charge in [-0.15, -0.1) is 0 Å². The average molecular weight is 275 g/mol. The number of anilines is 1. The van der Waals surface area contributed by atoms with Crippen molar-refractivity contribution in [2.75, 3.05) is 11.9 Å². The van der Waals surface area contributed by atoms with Gasteiger partial charge in [0.2, 0.25) is 5.91 Å². The van der Waals surface area contributed by atoms with E-state index in [1.54, 1.807) is 0 Å². The normalized spacial score (nSPS) is 14.1. The number of benzene rings is 1. The molecule has 2 rings (SSSR count). The van der Waals surface area contributed by atoms with Crippen molar-refractivity contribution in [3.63, 3.8) is 0 Å². The number of amides is 1. The van der Waals surface area contributed by atoms with Gasteiger partial charge < -0.3 is 10.1 Å². The van der Waals surface area contributed by atoms with Gasteiger partial charge in [-0.1, -0.05) is 32.6 Å². The summed E-state index contributed by atoms with van der Waals surface area (Å²) in [6.45, 7) is 3.00. The number of hydrogen-bond acceptors (Lipinski definition) is 2. The van der Waals surface area contributed by atoms with Crippen molar-refractivity contribution in [1.29, 1.82) is 0 Å². The number of hydrogen-bond donors (Lipinski definition) is 1. The van der Waals surface area contributed by atoms with E-state index < -0.39 is 0 Å². The molecule has 1 aromatic rings. The minimum Gasteiger partial charge on any atom is -0.494 e.